The van der Waals surface area contributed by atoms with Crippen molar-refractivity contribution < 1.29 is 9.53 Å². The molecule has 30 heavy (non-hydrogen) atoms. The molecule has 1 aromatic heterocycles. The van der Waals surface area contributed by atoms with Crippen LogP contribution in [0.3, 0.4) is 0 Å². The normalized spacial score (nSPS) is 10.8. The standard InChI is InChI=1S/C22H24ClN3O3.ClH/c1-13(2)11-26-19(10-24)21(14-3-5-15(23)6-4-14)18-9-16(29-12-20(25)27)7-8-17(18)22(26)28;/h3-9,13H,10-12,24H2,1-2H3,(H2,25,27);1H. The van der Waals surface area contributed by atoms with Crippen molar-refractivity contribution in [2.75, 3.05) is 6.61 Å². The number of fused-ring (bicyclic) bond motifs is 1. The van der Waals surface area contributed by atoms with Gasteiger partial charge in [-0.05, 0) is 41.8 Å². The fraction of sp³-hybridized carbons (Fsp3) is 0.273. The smallest absolute Gasteiger partial charge is 0.258 e. The number of aromatic nitrogens is 1. The summed E-state index contributed by atoms with van der Waals surface area (Å²) in [6.45, 7) is 4.62. The van der Waals surface area contributed by atoms with Crippen LogP contribution in [0.4, 0.5) is 0 Å². The van der Waals surface area contributed by atoms with Crippen molar-refractivity contribution >= 4 is 40.7 Å². The van der Waals surface area contributed by atoms with Gasteiger partial charge in [-0.1, -0.05) is 37.6 Å². The fourth-order valence-corrected chi connectivity index (χ4v) is 3.55. The molecule has 0 fully saturated rings. The molecule has 3 aromatic rings. The molecule has 4 N–H and O–H groups in total. The molecule has 0 bridgehead atoms. The van der Waals surface area contributed by atoms with E-state index in [-0.39, 0.29) is 37.0 Å². The second-order valence-electron chi connectivity index (χ2n) is 7.30. The summed E-state index contributed by atoms with van der Waals surface area (Å²) in [6.07, 6.45) is 0. The summed E-state index contributed by atoms with van der Waals surface area (Å²) >= 11 is 6.07. The lowest BCUT2D eigenvalue weighted by Gasteiger charge is -2.21. The second-order valence-corrected chi connectivity index (χ2v) is 7.74. The van der Waals surface area contributed by atoms with Gasteiger partial charge in [-0.2, -0.15) is 0 Å². The number of carbonyl (C=O) groups excluding carboxylic acids is 1. The summed E-state index contributed by atoms with van der Waals surface area (Å²) in [4.78, 5) is 24.3. The van der Waals surface area contributed by atoms with Gasteiger partial charge in [0, 0.05) is 40.1 Å². The first-order chi connectivity index (χ1) is 13.8. The third-order valence-electron chi connectivity index (χ3n) is 4.61. The lowest BCUT2D eigenvalue weighted by atomic mass is 9.96. The van der Waals surface area contributed by atoms with E-state index in [0.717, 1.165) is 16.8 Å². The average molecular weight is 450 g/mol. The van der Waals surface area contributed by atoms with Gasteiger partial charge in [-0.15, -0.1) is 12.4 Å². The number of halogens is 2. The Labute approximate surface area is 186 Å². The van der Waals surface area contributed by atoms with E-state index in [1.54, 1.807) is 34.9 Å². The predicted octanol–water partition coefficient (Wildman–Crippen LogP) is 3.72. The lowest BCUT2D eigenvalue weighted by molar-refractivity contribution is -0.119. The number of nitrogens with zero attached hydrogens (tertiary/aromatic N) is 1. The highest BCUT2D eigenvalue weighted by Crippen LogP contribution is 2.33. The van der Waals surface area contributed by atoms with Gasteiger partial charge in [0.15, 0.2) is 6.61 Å². The maximum atomic E-state index is 13.2. The van der Waals surface area contributed by atoms with Crippen molar-refractivity contribution in [3.05, 3.63) is 63.5 Å². The maximum Gasteiger partial charge on any atom is 0.258 e. The molecule has 1 amide bonds. The van der Waals surface area contributed by atoms with Crippen molar-refractivity contribution in [1.29, 1.82) is 0 Å². The molecule has 0 saturated heterocycles. The SMILES string of the molecule is CC(C)Cn1c(CN)c(-c2ccc(Cl)cc2)c2cc(OCC(N)=O)ccc2c1=O.Cl. The van der Waals surface area contributed by atoms with Crippen molar-refractivity contribution in [2.24, 2.45) is 17.4 Å². The summed E-state index contributed by atoms with van der Waals surface area (Å²) in [6, 6.07) is 12.5. The number of primary amides is 1. The number of rotatable bonds is 7. The Hall–Kier alpha value is -2.54. The van der Waals surface area contributed by atoms with Gasteiger partial charge in [0.25, 0.3) is 11.5 Å². The molecule has 0 aliphatic heterocycles. The molecule has 0 saturated carbocycles. The number of benzene rings is 2. The van der Waals surface area contributed by atoms with Crippen molar-refractivity contribution in [3.63, 3.8) is 0 Å². The van der Waals surface area contributed by atoms with Gasteiger partial charge in [0.2, 0.25) is 0 Å². The minimum absolute atomic E-state index is 0. The molecule has 160 valence electrons. The number of ether oxygens (including phenoxy) is 1. The first-order valence-corrected chi connectivity index (χ1v) is 9.76. The summed E-state index contributed by atoms with van der Waals surface area (Å²) < 4.78 is 7.21. The van der Waals surface area contributed by atoms with Crippen LogP contribution in [-0.2, 0) is 17.9 Å². The van der Waals surface area contributed by atoms with Crippen LogP contribution in [0.15, 0.2) is 47.3 Å². The van der Waals surface area contributed by atoms with E-state index in [2.05, 4.69) is 13.8 Å². The molecule has 8 heteroatoms. The Morgan fingerprint density at radius 2 is 1.80 bits per heavy atom. The molecule has 0 spiro atoms. The summed E-state index contributed by atoms with van der Waals surface area (Å²) in [5.41, 5.74) is 13.7. The van der Waals surface area contributed by atoms with Crippen molar-refractivity contribution in [2.45, 2.75) is 26.9 Å². The first-order valence-electron chi connectivity index (χ1n) is 9.38. The van der Waals surface area contributed by atoms with E-state index < -0.39 is 5.91 Å². The number of carbonyl (C=O) groups is 1. The van der Waals surface area contributed by atoms with Gasteiger partial charge in [0.1, 0.15) is 5.75 Å². The molecule has 0 aliphatic carbocycles. The number of pyridine rings is 1. The maximum absolute atomic E-state index is 13.2. The second kappa shape index (κ2) is 9.98. The quantitative estimate of drug-likeness (QED) is 0.573. The minimum Gasteiger partial charge on any atom is -0.484 e. The molecular formula is C22H25Cl2N3O3. The van der Waals surface area contributed by atoms with Crippen LogP contribution < -0.4 is 21.8 Å². The van der Waals surface area contributed by atoms with Gasteiger partial charge in [-0.3, -0.25) is 9.59 Å². The molecule has 0 radical (unpaired) electrons. The van der Waals surface area contributed by atoms with Crippen LogP contribution in [0, 0.1) is 5.92 Å². The van der Waals surface area contributed by atoms with Gasteiger partial charge in [0.05, 0.1) is 0 Å². The van der Waals surface area contributed by atoms with E-state index in [1.165, 1.54) is 0 Å². The predicted molar refractivity (Wildman–Crippen MR) is 123 cm³/mol. The van der Waals surface area contributed by atoms with Crippen LogP contribution in [-0.4, -0.2) is 17.1 Å². The minimum atomic E-state index is -0.571. The fourth-order valence-electron chi connectivity index (χ4n) is 3.43. The van der Waals surface area contributed by atoms with E-state index in [1.807, 2.05) is 12.1 Å². The Kier molecular flexibility index (Phi) is 7.89. The Bertz CT molecular complexity index is 1110. The molecule has 3 rings (SSSR count). The number of hydrogen-bond donors (Lipinski definition) is 2. The molecule has 1 heterocycles. The summed E-state index contributed by atoms with van der Waals surface area (Å²) in [7, 11) is 0. The van der Waals surface area contributed by atoms with Crippen LogP contribution in [0.2, 0.25) is 5.02 Å². The van der Waals surface area contributed by atoms with Crippen molar-refractivity contribution in [1.82, 2.24) is 4.57 Å². The van der Waals surface area contributed by atoms with Crippen molar-refractivity contribution in [3.8, 4) is 16.9 Å². The van der Waals surface area contributed by atoms with Crippen LogP contribution in [0.25, 0.3) is 21.9 Å². The lowest BCUT2D eigenvalue weighted by Crippen LogP contribution is -2.28. The molecule has 0 aliphatic rings. The highest BCUT2D eigenvalue weighted by molar-refractivity contribution is 6.30. The van der Waals surface area contributed by atoms with Crippen LogP contribution in [0.5, 0.6) is 5.75 Å². The molecule has 6 nitrogen and oxygen atoms in total. The average Bonchev–Trinajstić information content (AvgIpc) is 2.68. The number of hydrogen-bond acceptors (Lipinski definition) is 4. The number of nitrogens with two attached hydrogens (primary N) is 2. The van der Waals surface area contributed by atoms with Gasteiger partial charge >= 0.3 is 0 Å². The molecule has 0 unspecified atom stereocenters. The third-order valence-corrected chi connectivity index (χ3v) is 4.86. The largest absolute Gasteiger partial charge is 0.484 e. The van der Waals surface area contributed by atoms with E-state index in [9.17, 15) is 9.59 Å². The molecule has 2 aromatic carbocycles. The molecular weight excluding hydrogens is 425 g/mol. The number of amides is 1. The van der Waals surface area contributed by atoms with E-state index >= 15 is 0 Å². The van der Waals surface area contributed by atoms with Crippen LogP contribution >= 0.6 is 24.0 Å². The zero-order valence-electron chi connectivity index (χ0n) is 16.9. The highest BCUT2D eigenvalue weighted by atomic mass is 35.5. The molecule has 0 atom stereocenters. The Morgan fingerprint density at radius 1 is 1.13 bits per heavy atom. The monoisotopic (exact) mass is 449 g/mol. The Morgan fingerprint density at radius 3 is 2.37 bits per heavy atom. The van der Waals surface area contributed by atoms with Crippen LogP contribution in [0.1, 0.15) is 19.5 Å². The zero-order valence-corrected chi connectivity index (χ0v) is 18.4. The Balaban J connectivity index is 0.00000320. The van der Waals surface area contributed by atoms with E-state index in [4.69, 9.17) is 27.8 Å². The summed E-state index contributed by atoms with van der Waals surface area (Å²) in [5, 5.41) is 1.88. The topological polar surface area (TPSA) is 100 Å². The zero-order chi connectivity index (χ0) is 21.1. The first kappa shape index (κ1) is 23.7. The van der Waals surface area contributed by atoms with E-state index in [0.29, 0.717) is 28.1 Å². The third kappa shape index (κ3) is 4.95. The van der Waals surface area contributed by atoms with Gasteiger partial charge in [-0.25, -0.2) is 0 Å². The highest BCUT2D eigenvalue weighted by Gasteiger charge is 2.18. The summed E-state index contributed by atoms with van der Waals surface area (Å²) in [5.74, 6) is 0.153. The van der Waals surface area contributed by atoms with Gasteiger partial charge < -0.3 is 20.8 Å².